The Kier molecular flexibility index (Phi) is 2.55. The summed E-state index contributed by atoms with van der Waals surface area (Å²) in [6.45, 7) is 0. The molecule has 0 saturated carbocycles. The Morgan fingerprint density at radius 1 is 1.07 bits per heavy atom. The molecule has 2 aromatic rings. The highest BCUT2D eigenvalue weighted by molar-refractivity contribution is 5.74. The fraction of sp³-hybridized carbons (Fsp3) is 0.200. The molecule has 15 heavy (non-hydrogen) atoms. The number of fused-ring (bicyclic) bond motifs is 1. The zero-order valence-electron chi connectivity index (χ0n) is 7.64. The average molecular weight is 210 g/mol. The molecule has 0 bridgehead atoms. The number of halogens is 2. The van der Waals surface area contributed by atoms with Gasteiger partial charge in [0.2, 0.25) is 0 Å². The monoisotopic (exact) mass is 210 g/mol. The molecule has 1 atom stereocenters. The Balaban J connectivity index is 2.47. The van der Waals surface area contributed by atoms with Gasteiger partial charge in [-0.05, 0) is 17.7 Å². The highest BCUT2D eigenvalue weighted by Gasteiger charge is 2.19. The lowest BCUT2D eigenvalue weighted by atomic mass is 10.1. The van der Waals surface area contributed by atoms with Crippen LogP contribution in [-0.4, -0.2) is 21.5 Å². The number of aliphatic hydroxyl groups is 1. The molecule has 1 N–H and O–H groups in total. The van der Waals surface area contributed by atoms with E-state index >= 15 is 0 Å². The standard InChI is InChI=1S/C10H8F2N2O/c11-10(12)9(15)6-1-2-7-8(5-6)14-4-3-13-7/h1-5,9-10,15H. The van der Waals surface area contributed by atoms with Crippen molar-refractivity contribution in [2.24, 2.45) is 0 Å². The van der Waals surface area contributed by atoms with E-state index < -0.39 is 12.5 Å². The van der Waals surface area contributed by atoms with Crippen LogP contribution in [0, 0.1) is 0 Å². The molecule has 5 heteroatoms. The van der Waals surface area contributed by atoms with E-state index in [1.807, 2.05) is 0 Å². The first-order valence-electron chi connectivity index (χ1n) is 4.35. The maximum atomic E-state index is 12.2. The minimum absolute atomic E-state index is 0.151. The highest BCUT2D eigenvalue weighted by Crippen LogP contribution is 2.22. The molecule has 1 heterocycles. The lowest BCUT2D eigenvalue weighted by molar-refractivity contribution is -0.00571. The Bertz CT molecular complexity index is 476. The second kappa shape index (κ2) is 3.86. The fourth-order valence-electron chi connectivity index (χ4n) is 1.31. The van der Waals surface area contributed by atoms with Gasteiger partial charge in [-0.15, -0.1) is 0 Å². The summed E-state index contributed by atoms with van der Waals surface area (Å²) in [7, 11) is 0. The molecular weight excluding hydrogens is 202 g/mol. The minimum atomic E-state index is -2.79. The first-order valence-corrected chi connectivity index (χ1v) is 4.35. The van der Waals surface area contributed by atoms with Gasteiger partial charge in [-0.2, -0.15) is 0 Å². The van der Waals surface area contributed by atoms with Gasteiger partial charge in [0, 0.05) is 12.4 Å². The molecule has 1 aromatic heterocycles. The van der Waals surface area contributed by atoms with Crippen LogP contribution in [0.4, 0.5) is 8.78 Å². The van der Waals surface area contributed by atoms with Crippen LogP contribution in [0.1, 0.15) is 11.7 Å². The molecule has 1 aromatic carbocycles. The van der Waals surface area contributed by atoms with Crippen molar-refractivity contribution in [3.05, 3.63) is 36.2 Å². The molecule has 2 rings (SSSR count). The fourth-order valence-corrected chi connectivity index (χ4v) is 1.31. The van der Waals surface area contributed by atoms with E-state index in [9.17, 15) is 8.78 Å². The molecule has 0 aliphatic carbocycles. The summed E-state index contributed by atoms with van der Waals surface area (Å²) in [5, 5.41) is 9.16. The SMILES string of the molecule is OC(c1ccc2nccnc2c1)C(F)F. The van der Waals surface area contributed by atoms with Crippen molar-refractivity contribution in [2.45, 2.75) is 12.5 Å². The van der Waals surface area contributed by atoms with Crippen molar-refractivity contribution in [1.82, 2.24) is 9.97 Å². The lowest BCUT2D eigenvalue weighted by Crippen LogP contribution is -2.07. The van der Waals surface area contributed by atoms with Crippen LogP contribution >= 0.6 is 0 Å². The molecule has 78 valence electrons. The van der Waals surface area contributed by atoms with Crippen LogP contribution in [-0.2, 0) is 0 Å². The maximum absolute atomic E-state index is 12.2. The van der Waals surface area contributed by atoms with Crippen molar-refractivity contribution in [3.63, 3.8) is 0 Å². The van der Waals surface area contributed by atoms with Crippen molar-refractivity contribution in [2.75, 3.05) is 0 Å². The van der Waals surface area contributed by atoms with Gasteiger partial charge in [0.1, 0.15) is 6.10 Å². The topological polar surface area (TPSA) is 46.0 Å². The summed E-state index contributed by atoms with van der Waals surface area (Å²) < 4.78 is 24.5. The third-order valence-electron chi connectivity index (χ3n) is 2.07. The average Bonchev–Trinajstić information content (AvgIpc) is 2.27. The second-order valence-corrected chi connectivity index (χ2v) is 3.08. The molecule has 0 radical (unpaired) electrons. The molecule has 0 aliphatic heterocycles. The summed E-state index contributed by atoms with van der Waals surface area (Å²) in [4.78, 5) is 7.96. The van der Waals surface area contributed by atoms with Crippen LogP contribution in [0.15, 0.2) is 30.6 Å². The normalized spacial score (nSPS) is 13.3. The second-order valence-electron chi connectivity index (χ2n) is 3.08. The molecule has 0 aliphatic rings. The van der Waals surface area contributed by atoms with E-state index in [0.29, 0.717) is 11.0 Å². The maximum Gasteiger partial charge on any atom is 0.268 e. The highest BCUT2D eigenvalue weighted by atomic mass is 19.3. The summed E-state index contributed by atoms with van der Waals surface area (Å²) in [5.74, 6) is 0. The zero-order valence-corrected chi connectivity index (χ0v) is 7.64. The van der Waals surface area contributed by atoms with Gasteiger partial charge < -0.3 is 5.11 Å². The summed E-state index contributed by atoms with van der Waals surface area (Å²) >= 11 is 0. The van der Waals surface area contributed by atoms with Gasteiger partial charge in [0.15, 0.2) is 0 Å². The van der Waals surface area contributed by atoms with Gasteiger partial charge in [0.25, 0.3) is 6.43 Å². The van der Waals surface area contributed by atoms with E-state index in [1.165, 1.54) is 24.5 Å². The molecular formula is C10H8F2N2O. The molecule has 0 spiro atoms. The lowest BCUT2D eigenvalue weighted by Gasteiger charge is -2.09. The number of hydrogen-bond acceptors (Lipinski definition) is 3. The van der Waals surface area contributed by atoms with Crippen LogP contribution in [0.3, 0.4) is 0 Å². The number of rotatable bonds is 2. The molecule has 3 nitrogen and oxygen atoms in total. The number of benzene rings is 1. The Morgan fingerprint density at radius 3 is 2.40 bits per heavy atom. The first-order chi connectivity index (χ1) is 7.18. The molecule has 0 saturated heterocycles. The van der Waals surface area contributed by atoms with Gasteiger partial charge in [-0.1, -0.05) is 6.07 Å². The summed E-state index contributed by atoms with van der Waals surface area (Å²) in [6.07, 6.45) is -1.57. The van der Waals surface area contributed by atoms with Crippen LogP contribution < -0.4 is 0 Å². The number of aliphatic hydroxyl groups excluding tert-OH is 1. The van der Waals surface area contributed by atoms with Crippen LogP contribution in [0.2, 0.25) is 0 Å². The van der Waals surface area contributed by atoms with Crippen LogP contribution in [0.5, 0.6) is 0 Å². The van der Waals surface area contributed by atoms with E-state index in [4.69, 9.17) is 5.11 Å². The van der Waals surface area contributed by atoms with Gasteiger partial charge in [-0.3, -0.25) is 9.97 Å². The Morgan fingerprint density at radius 2 is 1.73 bits per heavy atom. The first kappa shape index (κ1) is 9.92. The third kappa shape index (κ3) is 1.92. The number of alkyl halides is 2. The smallest absolute Gasteiger partial charge is 0.268 e. The van der Waals surface area contributed by atoms with Crippen molar-refractivity contribution in [3.8, 4) is 0 Å². The number of nitrogens with zero attached hydrogens (tertiary/aromatic N) is 2. The third-order valence-corrected chi connectivity index (χ3v) is 2.07. The van der Waals surface area contributed by atoms with Crippen molar-refractivity contribution < 1.29 is 13.9 Å². The van der Waals surface area contributed by atoms with Gasteiger partial charge >= 0.3 is 0 Å². The number of hydrogen-bond donors (Lipinski definition) is 1. The molecule has 0 fully saturated rings. The van der Waals surface area contributed by atoms with E-state index in [0.717, 1.165) is 0 Å². The van der Waals surface area contributed by atoms with E-state index in [2.05, 4.69) is 9.97 Å². The zero-order chi connectivity index (χ0) is 10.8. The van der Waals surface area contributed by atoms with Crippen LogP contribution in [0.25, 0.3) is 11.0 Å². The van der Waals surface area contributed by atoms with E-state index in [1.54, 1.807) is 6.07 Å². The van der Waals surface area contributed by atoms with Gasteiger partial charge in [0.05, 0.1) is 11.0 Å². The predicted octanol–water partition coefficient (Wildman–Crippen LogP) is 1.93. The molecule has 0 amide bonds. The van der Waals surface area contributed by atoms with Gasteiger partial charge in [-0.25, -0.2) is 8.78 Å². The van der Waals surface area contributed by atoms with Crippen molar-refractivity contribution >= 4 is 11.0 Å². The summed E-state index contributed by atoms with van der Waals surface area (Å²) in [6, 6.07) is 4.40. The van der Waals surface area contributed by atoms with Crippen molar-refractivity contribution in [1.29, 1.82) is 0 Å². The summed E-state index contributed by atoms with van der Waals surface area (Å²) in [5.41, 5.74) is 1.26. The quantitative estimate of drug-likeness (QED) is 0.823. The Hall–Kier alpha value is -1.62. The minimum Gasteiger partial charge on any atom is -0.382 e. The van der Waals surface area contributed by atoms with E-state index in [-0.39, 0.29) is 5.56 Å². The molecule has 1 unspecified atom stereocenters. The Labute approximate surface area is 84.4 Å². The predicted molar refractivity (Wildman–Crippen MR) is 50.5 cm³/mol. The largest absolute Gasteiger partial charge is 0.382 e. The number of aromatic nitrogens is 2.